The summed E-state index contributed by atoms with van der Waals surface area (Å²) in [5.74, 6) is 1.39. The molecule has 0 saturated carbocycles. The van der Waals surface area contributed by atoms with Crippen molar-refractivity contribution in [1.29, 1.82) is 0 Å². The van der Waals surface area contributed by atoms with Crippen LogP contribution in [0.5, 0.6) is 0 Å². The standard InChI is InChI=1S/C10H15NO2/c1-7-9(10(11)6-13-7)5-8-3-2-4-12-8/h2-4,7,9-10H,5-6,11H2,1H3. The summed E-state index contributed by atoms with van der Waals surface area (Å²) in [7, 11) is 0. The quantitative estimate of drug-likeness (QED) is 0.745. The monoisotopic (exact) mass is 181 g/mol. The summed E-state index contributed by atoms with van der Waals surface area (Å²) in [6, 6.07) is 4.04. The van der Waals surface area contributed by atoms with Gasteiger partial charge in [-0.05, 0) is 19.1 Å². The Balaban J connectivity index is 2.01. The van der Waals surface area contributed by atoms with Gasteiger partial charge in [-0.2, -0.15) is 0 Å². The van der Waals surface area contributed by atoms with Crippen molar-refractivity contribution in [2.45, 2.75) is 25.5 Å². The van der Waals surface area contributed by atoms with E-state index in [2.05, 4.69) is 6.92 Å². The van der Waals surface area contributed by atoms with Crippen LogP contribution in [0, 0.1) is 5.92 Å². The molecule has 0 bridgehead atoms. The number of rotatable bonds is 2. The fourth-order valence-corrected chi connectivity index (χ4v) is 1.84. The van der Waals surface area contributed by atoms with Crippen LogP contribution in [0.25, 0.3) is 0 Å². The second-order valence-corrected chi connectivity index (χ2v) is 3.65. The summed E-state index contributed by atoms with van der Waals surface area (Å²) < 4.78 is 10.7. The number of hydrogen-bond donors (Lipinski definition) is 1. The van der Waals surface area contributed by atoms with Crippen LogP contribution in [0.4, 0.5) is 0 Å². The van der Waals surface area contributed by atoms with Gasteiger partial charge < -0.3 is 14.9 Å². The van der Waals surface area contributed by atoms with E-state index in [4.69, 9.17) is 14.9 Å². The lowest BCUT2D eigenvalue weighted by Gasteiger charge is -2.15. The molecular weight excluding hydrogens is 166 g/mol. The first-order valence-electron chi connectivity index (χ1n) is 4.67. The van der Waals surface area contributed by atoms with Crippen LogP contribution in [0.2, 0.25) is 0 Å². The Morgan fingerprint density at radius 2 is 2.46 bits per heavy atom. The van der Waals surface area contributed by atoms with E-state index >= 15 is 0 Å². The van der Waals surface area contributed by atoms with Crippen molar-refractivity contribution in [2.24, 2.45) is 11.7 Å². The summed E-state index contributed by atoms with van der Waals surface area (Å²) in [5, 5.41) is 0. The van der Waals surface area contributed by atoms with E-state index < -0.39 is 0 Å². The Kier molecular flexibility index (Phi) is 2.38. The predicted octanol–water partition coefficient (Wildman–Crippen LogP) is 1.18. The van der Waals surface area contributed by atoms with Gasteiger partial charge in [0, 0.05) is 18.4 Å². The predicted molar refractivity (Wildman–Crippen MR) is 49.3 cm³/mol. The fourth-order valence-electron chi connectivity index (χ4n) is 1.84. The lowest BCUT2D eigenvalue weighted by Crippen LogP contribution is -2.32. The maximum absolute atomic E-state index is 5.92. The highest BCUT2D eigenvalue weighted by molar-refractivity contribution is 5.02. The van der Waals surface area contributed by atoms with Crippen LogP contribution in [0.15, 0.2) is 22.8 Å². The molecule has 0 amide bonds. The molecule has 3 unspecified atom stereocenters. The summed E-state index contributed by atoms with van der Waals surface area (Å²) in [6.07, 6.45) is 2.83. The highest BCUT2D eigenvalue weighted by Gasteiger charge is 2.32. The molecule has 2 rings (SSSR count). The van der Waals surface area contributed by atoms with Crippen LogP contribution < -0.4 is 5.73 Å². The molecule has 1 aromatic rings. The Morgan fingerprint density at radius 1 is 1.62 bits per heavy atom. The van der Waals surface area contributed by atoms with E-state index in [1.807, 2.05) is 12.1 Å². The van der Waals surface area contributed by atoms with E-state index in [-0.39, 0.29) is 12.1 Å². The van der Waals surface area contributed by atoms with Crippen LogP contribution >= 0.6 is 0 Å². The van der Waals surface area contributed by atoms with E-state index in [0.717, 1.165) is 12.2 Å². The third-order valence-electron chi connectivity index (χ3n) is 2.72. The molecule has 1 aromatic heterocycles. The summed E-state index contributed by atoms with van der Waals surface area (Å²) in [5.41, 5.74) is 5.92. The van der Waals surface area contributed by atoms with Crippen LogP contribution in [0.3, 0.4) is 0 Å². The van der Waals surface area contributed by atoms with E-state index in [1.54, 1.807) is 6.26 Å². The zero-order valence-corrected chi connectivity index (χ0v) is 7.77. The molecule has 3 heteroatoms. The highest BCUT2D eigenvalue weighted by atomic mass is 16.5. The Hall–Kier alpha value is -0.800. The summed E-state index contributed by atoms with van der Waals surface area (Å²) in [4.78, 5) is 0. The molecule has 1 fully saturated rings. The molecule has 13 heavy (non-hydrogen) atoms. The van der Waals surface area contributed by atoms with Gasteiger partial charge in [-0.3, -0.25) is 0 Å². The molecule has 3 atom stereocenters. The van der Waals surface area contributed by atoms with Gasteiger partial charge in [0.1, 0.15) is 5.76 Å². The van der Waals surface area contributed by atoms with Gasteiger partial charge in [-0.25, -0.2) is 0 Å². The van der Waals surface area contributed by atoms with Crippen molar-refractivity contribution < 1.29 is 9.15 Å². The van der Waals surface area contributed by atoms with Crippen molar-refractivity contribution in [3.8, 4) is 0 Å². The lowest BCUT2D eigenvalue weighted by molar-refractivity contribution is 0.104. The topological polar surface area (TPSA) is 48.4 Å². The second kappa shape index (κ2) is 3.52. The smallest absolute Gasteiger partial charge is 0.104 e. The molecule has 2 heterocycles. The third kappa shape index (κ3) is 1.76. The first-order valence-corrected chi connectivity index (χ1v) is 4.67. The highest BCUT2D eigenvalue weighted by Crippen LogP contribution is 2.23. The molecule has 1 aliphatic heterocycles. The minimum atomic E-state index is 0.153. The first kappa shape index (κ1) is 8.78. The fraction of sp³-hybridized carbons (Fsp3) is 0.600. The normalized spacial score (nSPS) is 33.8. The van der Waals surface area contributed by atoms with Crippen molar-refractivity contribution >= 4 is 0 Å². The minimum absolute atomic E-state index is 0.153. The third-order valence-corrected chi connectivity index (χ3v) is 2.72. The van der Waals surface area contributed by atoms with Gasteiger partial charge in [0.15, 0.2) is 0 Å². The number of nitrogens with two attached hydrogens (primary N) is 1. The molecule has 0 radical (unpaired) electrons. The molecule has 0 aromatic carbocycles. The molecule has 1 aliphatic rings. The van der Waals surface area contributed by atoms with E-state index in [0.29, 0.717) is 12.5 Å². The molecule has 0 spiro atoms. The molecule has 0 aliphatic carbocycles. The van der Waals surface area contributed by atoms with E-state index in [9.17, 15) is 0 Å². The molecule has 1 saturated heterocycles. The molecular formula is C10H15NO2. The first-order chi connectivity index (χ1) is 6.27. The number of hydrogen-bond acceptors (Lipinski definition) is 3. The van der Waals surface area contributed by atoms with Crippen LogP contribution in [-0.4, -0.2) is 18.8 Å². The lowest BCUT2D eigenvalue weighted by atomic mass is 9.94. The number of furan rings is 1. The maximum Gasteiger partial charge on any atom is 0.104 e. The van der Waals surface area contributed by atoms with Gasteiger partial charge in [0.2, 0.25) is 0 Å². The molecule has 3 nitrogen and oxygen atoms in total. The largest absolute Gasteiger partial charge is 0.469 e. The van der Waals surface area contributed by atoms with Gasteiger partial charge >= 0.3 is 0 Å². The second-order valence-electron chi connectivity index (χ2n) is 3.65. The minimum Gasteiger partial charge on any atom is -0.469 e. The zero-order chi connectivity index (χ0) is 9.26. The number of ether oxygens (including phenoxy) is 1. The SMILES string of the molecule is CC1OCC(N)C1Cc1ccco1. The van der Waals surface area contributed by atoms with Gasteiger partial charge in [-0.1, -0.05) is 0 Å². The van der Waals surface area contributed by atoms with Crippen molar-refractivity contribution in [3.05, 3.63) is 24.2 Å². The summed E-state index contributed by atoms with van der Waals surface area (Å²) >= 11 is 0. The zero-order valence-electron chi connectivity index (χ0n) is 7.77. The van der Waals surface area contributed by atoms with Crippen LogP contribution in [0.1, 0.15) is 12.7 Å². The molecule has 72 valence electrons. The van der Waals surface area contributed by atoms with Gasteiger partial charge in [0.25, 0.3) is 0 Å². The van der Waals surface area contributed by atoms with Crippen molar-refractivity contribution in [3.63, 3.8) is 0 Å². The Morgan fingerprint density at radius 3 is 3.00 bits per heavy atom. The Labute approximate surface area is 77.9 Å². The van der Waals surface area contributed by atoms with Crippen molar-refractivity contribution in [2.75, 3.05) is 6.61 Å². The van der Waals surface area contributed by atoms with Crippen LogP contribution in [-0.2, 0) is 11.2 Å². The molecule has 2 N–H and O–H groups in total. The van der Waals surface area contributed by atoms with Crippen molar-refractivity contribution in [1.82, 2.24) is 0 Å². The average Bonchev–Trinajstić information content (AvgIpc) is 2.70. The van der Waals surface area contributed by atoms with Gasteiger partial charge in [-0.15, -0.1) is 0 Å². The average molecular weight is 181 g/mol. The summed E-state index contributed by atoms with van der Waals surface area (Å²) in [6.45, 7) is 2.74. The Bertz CT molecular complexity index is 248. The maximum atomic E-state index is 5.92. The van der Waals surface area contributed by atoms with E-state index in [1.165, 1.54) is 0 Å². The van der Waals surface area contributed by atoms with Gasteiger partial charge in [0.05, 0.1) is 19.0 Å².